The molecule has 1 fully saturated rings. The SMILES string of the molecule is CCOCCN(C)C1(CN)CCCC(C)C1C. The number of hydrogen-bond acceptors (Lipinski definition) is 3. The average molecular weight is 242 g/mol. The molecule has 0 amide bonds. The lowest BCUT2D eigenvalue weighted by atomic mass is 9.67. The van der Waals surface area contributed by atoms with Gasteiger partial charge < -0.3 is 10.5 Å². The summed E-state index contributed by atoms with van der Waals surface area (Å²) in [5, 5.41) is 0. The topological polar surface area (TPSA) is 38.5 Å². The number of rotatable bonds is 6. The summed E-state index contributed by atoms with van der Waals surface area (Å²) in [4.78, 5) is 2.45. The van der Waals surface area contributed by atoms with Gasteiger partial charge in [-0.3, -0.25) is 4.90 Å². The van der Waals surface area contributed by atoms with Gasteiger partial charge in [-0.1, -0.05) is 26.7 Å². The van der Waals surface area contributed by atoms with E-state index in [1.807, 2.05) is 6.92 Å². The van der Waals surface area contributed by atoms with Crippen LogP contribution in [0.25, 0.3) is 0 Å². The van der Waals surface area contributed by atoms with Crippen LogP contribution in [-0.4, -0.2) is 43.8 Å². The molecule has 3 unspecified atom stereocenters. The van der Waals surface area contributed by atoms with Crippen molar-refractivity contribution >= 4 is 0 Å². The molecule has 0 saturated heterocycles. The number of likely N-dealkylation sites (N-methyl/N-ethyl adjacent to an activating group) is 1. The molecule has 2 N–H and O–H groups in total. The van der Waals surface area contributed by atoms with E-state index in [2.05, 4.69) is 25.8 Å². The van der Waals surface area contributed by atoms with E-state index in [1.165, 1.54) is 19.3 Å². The van der Waals surface area contributed by atoms with Gasteiger partial charge >= 0.3 is 0 Å². The maximum absolute atomic E-state index is 6.11. The van der Waals surface area contributed by atoms with Gasteiger partial charge in [0.2, 0.25) is 0 Å². The quantitative estimate of drug-likeness (QED) is 0.725. The van der Waals surface area contributed by atoms with Crippen LogP contribution in [0, 0.1) is 11.8 Å². The highest BCUT2D eigenvalue weighted by molar-refractivity contribution is 4.99. The van der Waals surface area contributed by atoms with E-state index in [-0.39, 0.29) is 5.54 Å². The van der Waals surface area contributed by atoms with Crippen LogP contribution in [0.2, 0.25) is 0 Å². The Hall–Kier alpha value is -0.120. The summed E-state index contributed by atoms with van der Waals surface area (Å²) >= 11 is 0. The first-order valence-corrected chi connectivity index (χ1v) is 7.07. The Balaban J connectivity index is 2.65. The molecule has 1 aliphatic rings. The predicted octanol–water partition coefficient (Wildman–Crippen LogP) is 2.11. The van der Waals surface area contributed by atoms with Gasteiger partial charge in [0, 0.05) is 25.2 Å². The highest BCUT2D eigenvalue weighted by Crippen LogP contribution is 2.40. The molecule has 0 heterocycles. The third-order valence-electron chi connectivity index (χ3n) is 4.86. The Morgan fingerprint density at radius 3 is 2.71 bits per heavy atom. The van der Waals surface area contributed by atoms with E-state index < -0.39 is 0 Å². The van der Waals surface area contributed by atoms with Crippen molar-refractivity contribution in [1.29, 1.82) is 0 Å². The smallest absolute Gasteiger partial charge is 0.0593 e. The zero-order chi connectivity index (χ0) is 12.9. The molecule has 1 saturated carbocycles. The average Bonchev–Trinajstić information content (AvgIpc) is 2.33. The van der Waals surface area contributed by atoms with Crippen molar-refractivity contribution in [3.8, 4) is 0 Å². The molecule has 0 aliphatic heterocycles. The summed E-state index contributed by atoms with van der Waals surface area (Å²) in [7, 11) is 2.21. The third kappa shape index (κ3) is 3.21. The van der Waals surface area contributed by atoms with E-state index >= 15 is 0 Å². The Kier molecular flexibility index (Phi) is 5.90. The number of nitrogens with zero attached hydrogens (tertiary/aromatic N) is 1. The maximum Gasteiger partial charge on any atom is 0.0593 e. The lowest BCUT2D eigenvalue weighted by molar-refractivity contribution is -0.00952. The van der Waals surface area contributed by atoms with E-state index in [0.717, 1.165) is 32.2 Å². The minimum Gasteiger partial charge on any atom is -0.380 e. The summed E-state index contributed by atoms with van der Waals surface area (Å²) in [6, 6.07) is 0. The minimum absolute atomic E-state index is 0.189. The molecule has 1 rings (SSSR count). The van der Waals surface area contributed by atoms with Crippen molar-refractivity contribution in [1.82, 2.24) is 4.90 Å². The van der Waals surface area contributed by atoms with Crippen LogP contribution < -0.4 is 5.73 Å². The molecule has 0 spiro atoms. The first-order valence-electron chi connectivity index (χ1n) is 7.07. The van der Waals surface area contributed by atoms with Crippen LogP contribution in [0.4, 0.5) is 0 Å². The van der Waals surface area contributed by atoms with E-state index in [1.54, 1.807) is 0 Å². The minimum atomic E-state index is 0.189. The first-order chi connectivity index (χ1) is 8.08. The second kappa shape index (κ2) is 6.72. The molecular weight excluding hydrogens is 212 g/mol. The normalized spacial score (nSPS) is 34.2. The van der Waals surface area contributed by atoms with Crippen LogP contribution >= 0.6 is 0 Å². The Labute approximate surface area is 107 Å². The van der Waals surface area contributed by atoms with Crippen molar-refractivity contribution in [2.24, 2.45) is 17.6 Å². The fourth-order valence-corrected chi connectivity index (χ4v) is 3.29. The standard InChI is InChI=1S/C14H30N2O/c1-5-17-10-9-16(4)14(11-15)8-6-7-12(2)13(14)3/h12-13H,5-11,15H2,1-4H3. The molecule has 102 valence electrons. The molecule has 3 heteroatoms. The Bertz CT molecular complexity index is 222. The van der Waals surface area contributed by atoms with Crippen molar-refractivity contribution < 1.29 is 4.74 Å². The van der Waals surface area contributed by atoms with Gasteiger partial charge in [0.05, 0.1) is 6.61 Å². The molecule has 0 radical (unpaired) electrons. The lowest BCUT2D eigenvalue weighted by Crippen LogP contribution is -2.60. The Morgan fingerprint density at radius 2 is 2.12 bits per heavy atom. The zero-order valence-electron chi connectivity index (χ0n) is 12.0. The predicted molar refractivity (Wildman–Crippen MR) is 73.1 cm³/mol. The molecule has 1 aliphatic carbocycles. The summed E-state index contributed by atoms with van der Waals surface area (Å²) in [5.41, 5.74) is 6.30. The summed E-state index contributed by atoms with van der Waals surface area (Å²) in [6.45, 7) is 10.1. The summed E-state index contributed by atoms with van der Waals surface area (Å²) < 4.78 is 5.46. The van der Waals surface area contributed by atoms with Crippen LogP contribution in [0.5, 0.6) is 0 Å². The zero-order valence-corrected chi connectivity index (χ0v) is 12.0. The van der Waals surface area contributed by atoms with E-state index in [9.17, 15) is 0 Å². The lowest BCUT2D eigenvalue weighted by Gasteiger charge is -2.51. The second-order valence-corrected chi connectivity index (χ2v) is 5.58. The molecule has 0 aromatic carbocycles. The molecule has 0 bridgehead atoms. The molecule has 0 aromatic heterocycles. The monoisotopic (exact) mass is 242 g/mol. The van der Waals surface area contributed by atoms with Gasteiger partial charge in [-0.25, -0.2) is 0 Å². The van der Waals surface area contributed by atoms with Crippen molar-refractivity contribution in [2.45, 2.75) is 45.6 Å². The Morgan fingerprint density at radius 1 is 1.41 bits per heavy atom. The number of nitrogens with two attached hydrogens (primary N) is 1. The first kappa shape index (κ1) is 14.9. The largest absolute Gasteiger partial charge is 0.380 e. The molecule has 17 heavy (non-hydrogen) atoms. The summed E-state index contributed by atoms with van der Waals surface area (Å²) in [6.07, 6.45) is 3.89. The fourth-order valence-electron chi connectivity index (χ4n) is 3.29. The summed E-state index contributed by atoms with van der Waals surface area (Å²) in [5.74, 6) is 1.45. The van der Waals surface area contributed by atoms with E-state index in [0.29, 0.717) is 5.92 Å². The van der Waals surface area contributed by atoms with Crippen LogP contribution in [0.3, 0.4) is 0 Å². The van der Waals surface area contributed by atoms with Gasteiger partial charge in [-0.2, -0.15) is 0 Å². The maximum atomic E-state index is 6.11. The van der Waals surface area contributed by atoms with Gasteiger partial charge in [-0.05, 0) is 32.2 Å². The van der Waals surface area contributed by atoms with Crippen LogP contribution in [0.15, 0.2) is 0 Å². The molecule has 3 atom stereocenters. The van der Waals surface area contributed by atoms with Crippen molar-refractivity contribution in [3.05, 3.63) is 0 Å². The fraction of sp³-hybridized carbons (Fsp3) is 1.00. The molecule has 0 aromatic rings. The third-order valence-corrected chi connectivity index (χ3v) is 4.86. The van der Waals surface area contributed by atoms with Crippen LogP contribution in [-0.2, 0) is 4.74 Å². The van der Waals surface area contributed by atoms with Gasteiger partial charge in [0.25, 0.3) is 0 Å². The second-order valence-electron chi connectivity index (χ2n) is 5.58. The number of hydrogen-bond donors (Lipinski definition) is 1. The number of ether oxygens (including phenoxy) is 1. The molecular formula is C14H30N2O. The van der Waals surface area contributed by atoms with E-state index in [4.69, 9.17) is 10.5 Å². The molecule has 3 nitrogen and oxygen atoms in total. The van der Waals surface area contributed by atoms with Crippen molar-refractivity contribution in [3.63, 3.8) is 0 Å². The van der Waals surface area contributed by atoms with Crippen molar-refractivity contribution in [2.75, 3.05) is 33.4 Å². The highest BCUT2D eigenvalue weighted by atomic mass is 16.5. The van der Waals surface area contributed by atoms with Gasteiger partial charge in [0.1, 0.15) is 0 Å². The van der Waals surface area contributed by atoms with Crippen LogP contribution in [0.1, 0.15) is 40.0 Å². The van der Waals surface area contributed by atoms with Gasteiger partial charge in [-0.15, -0.1) is 0 Å². The highest BCUT2D eigenvalue weighted by Gasteiger charge is 2.43. The van der Waals surface area contributed by atoms with Gasteiger partial charge in [0.15, 0.2) is 0 Å².